The first-order chi connectivity index (χ1) is 13.5. The Labute approximate surface area is 165 Å². The van der Waals surface area contributed by atoms with E-state index in [1.807, 2.05) is 43.5 Å². The zero-order valence-corrected chi connectivity index (χ0v) is 16.1. The van der Waals surface area contributed by atoms with Crippen LogP contribution < -0.4 is 5.32 Å². The number of imidazole rings is 1. The van der Waals surface area contributed by atoms with Gasteiger partial charge in [0.2, 0.25) is 0 Å². The summed E-state index contributed by atoms with van der Waals surface area (Å²) >= 11 is 1.45. The molecule has 0 saturated heterocycles. The number of rotatable bonds is 4. The van der Waals surface area contributed by atoms with Crippen molar-refractivity contribution in [1.82, 2.24) is 14.5 Å². The maximum absolute atomic E-state index is 13.9. The lowest BCUT2D eigenvalue weighted by atomic mass is 10.1. The van der Waals surface area contributed by atoms with Crippen molar-refractivity contribution >= 4 is 23.1 Å². The SMILES string of the molecule is Cc1ccc(-c2csc(-n3c(NC(=O)c4ccccc4F)cnc3C)n2)cc1. The van der Waals surface area contributed by atoms with Gasteiger partial charge in [-0.25, -0.2) is 14.4 Å². The number of carbonyl (C=O) groups excluding carboxylic acids is 1. The molecule has 2 heterocycles. The minimum absolute atomic E-state index is 0.0209. The van der Waals surface area contributed by atoms with Gasteiger partial charge in [-0.2, -0.15) is 0 Å². The minimum atomic E-state index is -0.571. The van der Waals surface area contributed by atoms with Crippen LogP contribution in [0, 0.1) is 19.7 Å². The Morgan fingerprint density at radius 2 is 1.86 bits per heavy atom. The number of aromatic nitrogens is 3. The lowest BCUT2D eigenvalue weighted by molar-refractivity contribution is 0.102. The Morgan fingerprint density at radius 3 is 2.61 bits per heavy atom. The van der Waals surface area contributed by atoms with Crippen LogP contribution in [-0.2, 0) is 0 Å². The molecule has 7 heteroatoms. The molecule has 28 heavy (non-hydrogen) atoms. The summed E-state index contributed by atoms with van der Waals surface area (Å²) < 4.78 is 15.6. The molecular formula is C21H17FN4OS. The van der Waals surface area contributed by atoms with E-state index in [4.69, 9.17) is 0 Å². The summed E-state index contributed by atoms with van der Waals surface area (Å²) in [7, 11) is 0. The number of hydrogen-bond donors (Lipinski definition) is 1. The van der Waals surface area contributed by atoms with Crippen LogP contribution in [0.15, 0.2) is 60.1 Å². The van der Waals surface area contributed by atoms with Gasteiger partial charge in [-0.05, 0) is 26.0 Å². The standard InChI is InChI=1S/C21H17FN4OS/c1-13-7-9-15(10-8-13)18-12-28-21(24-18)26-14(2)23-11-19(26)25-20(27)16-5-3-4-6-17(16)22/h3-12H,1-2H3,(H,25,27). The molecule has 0 unspecified atom stereocenters. The summed E-state index contributed by atoms with van der Waals surface area (Å²) in [5.41, 5.74) is 3.03. The van der Waals surface area contributed by atoms with Crippen molar-refractivity contribution in [1.29, 1.82) is 0 Å². The molecule has 1 amide bonds. The Morgan fingerprint density at radius 1 is 1.11 bits per heavy atom. The number of carbonyl (C=O) groups is 1. The first-order valence-electron chi connectivity index (χ1n) is 8.66. The van der Waals surface area contributed by atoms with Crippen LogP contribution in [0.3, 0.4) is 0 Å². The van der Waals surface area contributed by atoms with Gasteiger partial charge in [0.15, 0.2) is 5.13 Å². The molecule has 140 valence electrons. The van der Waals surface area contributed by atoms with E-state index in [1.54, 1.807) is 22.9 Å². The van der Waals surface area contributed by atoms with Crippen LogP contribution in [-0.4, -0.2) is 20.4 Å². The summed E-state index contributed by atoms with van der Waals surface area (Å²) in [6, 6.07) is 14.0. The molecule has 1 N–H and O–H groups in total. The molecule has 5 nitrogen and oxygen atoms in total. The van der Waals surface area contributed by atoms with Gasteiger partial charge < -0.3 is 5.32 Å². The average Bonchev–Trinajstić information content (AvgIpc) is 3.29. The van der Waals surface area contributed by atoms with Crippen LogP contribution in [0.5, 0.6) is 0 Å². The highest BCUT2D eigenvalue weighted by Gasteiger charge is 2.17. The van der Waals surface area contributed by atoms with Gasteiger partial charge >= 0.3 is 0 Å². The number of hydrogen-bond acceptors (Lipinski definition) is 4. The van der Waals surface area contributed by atoms with Crippen LogP contribution in [0.4, 0.5) is 10.2 Å². The number of nitrogens with one attached hydrogen (secondary N) is 1. The number of amides is 1. The predicted octanol–water partition coefficient (Wildman–Crippen LogP) is 5.00. The number of nitrogens with zero attached hydrogens (tertiary/aromatic N) is 3. The molecule has 0 spiro atoms. The third-order valence-electron chi connectivity index (χ3n) is 4.33. The highest BCUT2D eigenvalue weighted by molar-refractivity contribution is 7.12. The minimum Gasteiger partial charge on any atom is -0.306 e. The van der Waals surface area contributed by atoms with Crippen molar-refractivity contribution in [2.75, 3.05) is 5.32 Å². The fourth-order valence-electron chi connectivity index (χ4n) is 2.83. The van der Waals surface area contributed by atoms with Gasteiger partial charge in [-0.1, -0.05) is 42.0 Å². The topological polar surface area (TPSA) is 59.8 Å². The molecule has 0 aliphatic heterocycles. The quantitative estimate of drug-likeness (QED) is 0.531. The highest BCUT2D eigenvalue weighted by Crippen LogP contribution is 2.28. The number of halogens is 1. The average molecular weight is 392 g/mol. The monoisotopic (exact) mass is 392 g/mol. The molecule has 2 aromatic heterocycles. The Bertz CT molecular complexity index is 1150. The van der Waals surface area contributed by atoms with E-state index in [0.29, 0.717) is 16.8 Å². The van der Waals surface area contributed by atoms with Gasteiger partial charge in [0.1, 0.15) is 17.5 Å². The number of aryl methyl sites for hydroxylation is 2. The van der Waals surface area contributed by atoms with E-state index in [2.05, 4.69) is 15.3 Å². The summed E-state index contributed by atoms with van der Waals surface area (Å²) in [6.45, 7) is 3.86. The van der Waals surface area contributed by atoms with Crippen LogP contribution >= 0.6 is 11.3 Å². The first-order valence-corrected chi connectivity index (χ1v) is 9.54. The van der Waals surface area contributed by atoms with Crippen LogP contribution in [0.1, 0.15) is 21.7 Å². The second-order valence-corrected chi connectivity index (χ2v) is 7.18. The van der Waals surface area contributed by atoms with Gasteiger partial charge in [0.25, 0.3) is 5.91 Å². The van der Waals surface area contributed by atoms with Crippen molar-refractivity contribution in [2.45, 2.75) is 13.8 Å². The van der Waals surface area contributed by atoms with Gasteiger partial charge in [0.05, 0.1) is 17.5 Å². The first kappa shape index (κ1) is 18.1. The van der Waals surface area contributed by atoms with Crippen molar-refractivity contribution in [3.8, 4) is 16.4 Å². The smallest absolute Gasteiger partial charge is 0.259 e. The molecule has 2 aromatic carbocycles. The Hall–Kier alpha value is -3.32. The predicted molar refractivity (Wildman–Crippen MR) is 108 cm³/mol. The van der Waals surface area contributed by atoms with E-state index >= 15 is 0 Å². The summed E-state index contributed by atoms with van der Waals surface area (Å²) in [5.74, 6) is 0.0115. The third kappa shape index (κ3) is 3.44. The summed E-state index contributed by atoms with van der Waals surface area (Å²) in [5, 5.41) is 5.37. The lowest BCUT2D eigenvalue weighted by Gasteiger charge is -2.09. The van der Waals surface area contributed by atoms with Crippen molar-refractivity contribution < 1.29 is 9.18 Å². The molecule has 0 atom stereocenters. The zero-order valence-electron chi connectivity index (χ0n) is 15.3. The third-order valence-corrected chi connectivity index (χ3v) is 5.15. The molecule has 0 saturated carbocycles. The zero-order chi connectivity index (χ0) is 19.7. The molecule has 0 aliphatic rings. The highest BCUT2D eigenvalue weighted by atomic mass is 32.1. The van der Waals surface area contributed by atoms with Gasteiger partial charge in [-0.3, -0.25) is 9.36 Å². The number of benzene rings is 2. The second-order valence-electron chi connectivity index (χ2n) is 6.34. The van der Waals surface area contributed by atoms with E-state index in [0.717, 1.165) is 11.3 Å². The second kappa shape index (κ2) is 7.36. The normalized spacial score (nSPS) is 10.8. The molecule has 4 rings (SSSR count). The van der Waals surface area contributed by atoms with E-state index in [-0.39, 0.29) is 5.56 Å². The molecule has 0 bridgehead atoms. The maximum atomic E-state index is 13.9. The molecule has 4 aromatic rings. The Balaban J connectivity index is 1.65. The van der Waals surface area contributed by atoms with Crippen molar-refractivity contribution in [3.05, 3.63) is 82.9 Å². The number of anilines is 1. The van der Waals surface area contributed by atoms with Crippen molar-refractivity contribution in [3.63, 3.8) is 0 Å². The largest absolute Gasteiger partial charge is 0.306 e. The fraction of sp³-hybridized carbons (Fsp3) is 0.0952. The van der Waals surface area contributed by atoms with Gasteiger partial charge in [-0.15, -0.1) is 11.3 Å². The molecule has 0 aliphatic carbocycles. The van der Waals surface area contributed by atoms with Crippen LogP contribution in [0.25, 0.3) is 16.4 Å². The lowest BCUT2D eigenvalue weighted by Crippen LogP contribution is -2.16. The van der Waals surface area contributed by atoms with Gasteiger partial charge in [0, 0.05) is 10.9 Å². The molecular weight excluding hydrogens is 375 g/mol. The van der Waals surface area contributed by atoms with E-state index in [9.17, 15) is 9.18 Å². The van der Waals surface area contributed by atoms with Crippen LogP contribution in [0.2, 0.25) is 0 Å². The maximum Gasteiger partial charge on any atom is 0.259 e. The summed E-state index contributed by atoms with van der Waals surface area (Å²) in [4.78, 5) is 21.4. The molecule has 0 radical (unpaired) electrons. The van der Waals surface area contributed by atoms with E-state index in [1.165, 1.54) is 29.0 Å². The Kier molecular flexibility index (Phi) is 4.75. The summed E-state index contributed by atoms with van der Waals surface area (Å²) in [6.07, 6.45) is 1.54. The number of thiazole rings is 1. The van der Waals surface area contributed by atoms with Crippen molar-refractivity contribution in [2.24, 2.45) is 0 Å². The fourth-order valence-corrected chi connectivity index (χ4v) is 3.72. The van der Waals surface area contributed by atoms with E-state index < -0.39 is 11.7 Å². The molecule has 0 fully saturated rings.